The first-order valence-electron chi connectivity index (χ1n) is 6.73. The van der Waals surface area contributed by atoms with E-state index in [2.05, 4.69) is 5.32 Å². The second-order valence-corrected chi connectivity index (χ2v) is 5.07. The van der Waals surface area contributed by atoms with Crippen molar-refractivity contribution in [1.29, 1.82) is 0 Å². The summed E-state index contributed by atoms with van der Waals surface area (Å²) in [6, 6.07) is 11.9. The highest BCUT2D eigenvalue weighted by Crippen LogP contribution is 2.26. The summed E-state index contributed by atoms with van der Waals surface area (Å²) in [6.07, 6.45) is 0. The molecule has 1 N–H and O–H groups in total. The topological polar surface area (TPSA) is 75.5 Å². The van der Waals surface area contributed by atoms with Crippen LogP contribution in [0.15, 0.2) is 42.5 Å². The number of amides is 1. The zero-order chi connectivity index (χ0) is 16.3. The number of hydrogen-bond donors (Lipinski definition) is 1. The lowest BCUT2D eigenvalue weighted by Gasteiger charge is -2.18. The predicted octanol–water partition coefficient (Wildman–Crippen LogP) is 3.22. The van der Waals surface area contributed by atoms with Crippen LogP contribution in [0, 0.1) is 17.0 Å². The van der Waals surface area contributed by atoms with Crippen molar-refractivity contribution in [2.24, 2.45) is 0 Å². The molecule has 0 saturated heterocycles. The number of nitrogens with one attached hydrogen (secondary N) is 1. The molecule has 0 spiro atoms. The first kappa shape index (κ1) is 15.5. The third-order valence-electron chi connectivity index (χ3n) is 3.38. The van der Waals surface area contributed by atoms with E-state index in [0.29, 0.717) is 16.8 Å². The van der Waals surface area contributed by atoms with Gasteiger partial charge in [0, 0.05) is 31.3 Å². The third-order valence-corrected chi connectivity index (χ3v) is 3.38. The summed E-state index contributed by atoms with van der Waals surface area (Å²) in [5.41, 5.74) is 2.10. The van der Waals surface area contributed by atoms with Crippen molar-refractivity contribution in [3.8, 4) is 0 Å². The molecular weight excluding hydrogens is 282 g/mol. The molecule has 0 heterocycles. The molecule has 2 aromatic carbocycles. The summed E-state index contributed by atoms with van der Waals surface area (Å²) >= 11 is 0. The standard InChI is InChI=1S/C16H17N3O3/c1-11-12(7-6-10-14(11)19(21)22)16(20)17-13-8-4-5-9-15(13)18(2)3/h4-10H,1-3H3,(H,17,20). The second kappa shape index (κ2) is 6.26. The van der Waals surface area contributed by atoms with Gasteiger partial charge in [0.2, 0.25) is 0 Å². The zero-order valence-corrected chi connectivity index (χ0v) is 12.7. The first-order valence-corrected chi connectivity index (χ1v) is 6.73. The number of para-hydroxylation sites is 2. The first-order chi connectivity index (χ1) is 10.4. The molecule has 0 fully saturated rings. The van der Waals surface area contributed by atoms with E-state index in [0.717, 1.165) is 5.69 Å². The summed E-state index contributed by atoms with van der Waals surface area (Å²) < 4.78 is 0. The Bertz CT molecular complexity index is 726. The number of nitrogens with zero attached hydrogens (tertiary/aromatic N) is 2. The fourth-order valence-corrected chi connectivity index (χ4v) is 2.23. The molecule has 6 nitrogen and oxygen atoms in total. The molecule has 0 bridgehead atoms. The molecule has 0 radical (unpaired) electrons. The minimum absolute atomic E-state index is 0.0615. The molecule has 22 heavy (non-hydrogen) atoms. The van der Waals surface area contributed by atoms with Gasteiger partial charge in [-0.2, -0.15) is 0 Å². The van der Waals surface area contributed by atoms with E-state index in [1.54, 1.807) is 19.1 Å². The number of benzene rings is 2. The van der Waals surface area contributed by atoms with Crippen LogP contribution in [0.2, 0.25) is 0 Å². The SMILES string of the molecule is Cc1c(C(=O)Nc2ccccc2N(C)C)cccc1[N+](=O)[O-]. The Hall–Kier alpha value is -2.89. The van der Waals surface area contributed by atoms with Crippen LogP contribution in [0.4, 0.5) is 17.1 Å². The Morgan fingerprint density at radius 1 is 1.14 bits per heavy atom. The van der Waals surface area contributed by atoms with Gasteiger partial charge in [-0.25, -0.2) is 0 Å². The molecule has 114 valence electrons. The lowest BCUT2D eigenvalue weighted by atomic mass is 10.1. The summed E-state index contributed by atoms with van der Waals surface area (Å²) in [4.78, 5) is 24.8. The fraction of sp³-hybridized carbons (Fsp3) is 0.188. The van der Waals surface area contributed by atoms with E-state index < -0.39 is 4.92 Å². The largest absolute Gasteiger partial charge is 0.376 e. The summed E-state index contributed by atoms with van der Waals surface area (Å²) in [7, 11) is 3.76. The maximum Gasteiger partial charge on any atom is 0.273 e. The van der Waals surface area contributed by atoms with Gasteiger partial charge >= 0.3 is 0 Å². The van der Waals surface area contributed by atoms with Crippen molar-refractivity contribution in [2.75, 3.05) is 24.3 Å². The molecular formula is C16H17N3O3. The molecule has 0 saturated carbocycles. The molecule has 0 aliphatic heterocycles. The highest BCUT2D eigenvalue weighted by atomic mass is 16.6. The van der Waals surface area contributed by atoms with Crippen molar-refractivity contribution in [2.45, 2.75) is 6.92 Å². The van der Waals surface area contributed by atoms with Crippen LogP contribution in [-0.4, -0.2) is 24.9 Å². The van der Waals surface area contributed by atoms with Gasteiger partial charge in [0.05, 0.1) is 16.3 Å². The molecule has 0 aliphatic carbocycles. The number of carbonyl (C=O) groups is 1. The highest BCUT2D eigenvalue weighted by Gasteiger charge is 2.18. The Morgan fingerprint density at radius 3 is 2.45 bits per heavy atom. The Balaban J connectivity index is 2.35. The van der Waals surface area contributed by atoms with Crippen LogP contribution in [0.25, 0.3) is 0 Å². The van der Waals surface area contributed by atoms with Crippen molar-refractivity contribution < 1.29 is 9.72 Å². The average Bonchev–Trinajstić information content (AvgIpc) is 2.47. The van der Waals surface area contributed by atoms with Crippen molar-refractivity contribution in [1.82, 2.24) is 0 Å². The normalized spacial score (nSPS) is 10.1. The van der Waals surface area contributed by atoms with Gasteiger partial charge in [-0.3, -0.25) is 14.9 Å². The Labute approximate surface area is 128 Å². The van der Waals surface area contributed by atoms with Crippen molar-refractivity contribution in [3.05, 3.63) is 63.7 Å². The Kier molecular flexibility index (Phi) is 4.41. The van der Waals surface area contributed by atoms with Gasteiger partial charge in [0.25, 0.3) is 11.6 Å². The van der Waals surface area contributed by atoms with Crippen LogP contribution in [0.5, 0.6) is 0 Å². The van der Waals surface area contributed by atoms with E-state index in [-0.39, 0.29) is 11.6 Å². The molecule has 6 heteroatoms. The van der Waals surface area contributed by atoms with Crippen LogP contribution in [0.3, 0.4) is 0 Å². The smallest absolute Gasteiger partial charge is 0.273 e. The Morgan fingerprint density at radius 2 is 1.82 bits per heavy atom. The zero-order valence-electron chi connectivity index (χ0n) is 12.7. The summed E-state index contributed by atoms with van der Waals surface area (Å²) in [5.74, 6) is -0.365. The number of rotatable bonds is 4. The van der Waals surface area contributed by atoms with Gasteiger partial charge in [0.15, 0.2) is 0 Å². The lowest BCUT2D eigenvalue weighted by molar-refractivity contribution is -0.385. The predicted molar refractivity (Wildman–Crippen MR) is 86.6 cm³/mol. The molecule has 0 aliphatic rings. The minimum Gasteiger partial charge on any atom is -0.376 e. The molecule has 1 amide bonds. The van der Waals surface area contributed by atoms with E-state index in [1.165, 1.54) is 12.1 Å². The second-order valence-electron chi connectivity index (χ2n) is 5.07. The third kappa shape index (κ3) is 3.06. The van der Waals surface area contributed by atoms with Crippen LogP contribution in [-0.2, 0) is 0 Å². The monoisotopic (exact) mass is 299 g/mol. The lowest BCUT2D eigenvalue weighted by Crippen LogP contribution is -2.17. The van der Waals surface area contributed by atoms with Gasteiger partial charge in [0.1, 0.15) is 0 Å². The molecule has 0 aromatic heterocycles. The van der Waals surface area contributed by atoms with E-state index in [1.807, 2.05) is 37.2 Å². The number of nitro benzene ring substituents is 1. The molecule has 0 atom stereocenters. The van der Waals surface area contributed by atoms with Gasteiger partial charge < -0.3 is 10.2 Å². The molecule has 2 aromatic rings. The summed E-state index contributed by atoms with van der Waals surface area (Å²) in [5, 5.41) is 13.8. The molecule has 2 rings (SSSR count). The van der Waals surface area contributed by atoms with Gasteiger partial charge in [-0.15, -0.1) is 0 Å². The highest BCUT2D eigenvalue weighted by molar-refractivity contribution is 6.07. The molecule has 0 unspecified atom stereocenters. The van der Waals surface area contributed by atoms with E-state index in [9.17, 15) is 14.9 Å². The van der Waals surface area contributed by atoms with E-state index >= 15 is 0 Å². The number of carbonyl (C=O) groups excluding carboxylic acids is 1. The quantitative estimate of drug-likeness (QED) is 0.694. The van der Waals surface area contributed by atoms with Crippen LogP contribution in [0.1, 0.15) is 15.9 Å². The fourth-order valence-electron chi connectivity index (χ4n) is 2.23. The average molecular weight is 299 g/mol. The maximum atomic E-state index is 12.4. The van der Waals surface area contributed by atoms with Crippen molar-refractivity contribution in [3.63, 3.8) is 0 Å². The summed E-state index contributed by atoms with van der Waals surface area (Å²) in [6.45, 7) is 1.57. The van der Waals surface area contributed by atoms with Gasteiger partial charge in [-0.05, 0) is 25.1 Å². The van der Waals surface area contributed by atoms with Crippen LogP contribution < -0.4 is 10.2 Å². The maximum absolute atomic E-state index is 12.4. The van der Waals surface area contributed by atoms with Crippen LogP contribution >= 0.6 is 0 Å². The number of hydrogen-bond acceptors (Lipinski definition) is 4. The number of anilines is 2. The van der Waals surface area contributed by atoms with Gasteiger partial charge in [-0.1, -0.05) is 18.2 Å². The number of nitro groups is 1. The van der Waals surface area contributed by atoms with Crippen molar-refractivity contribution >= 4 is 23.0 Å². The minimum atomic E-state index is -0.486. The van der Waals surface area contributed by atoms with E-state index in [4.69, 9.17) is 0 Å².